The first-order valence-corrected chi connectivity index (χ1v) is 10.0. The Morgan fingerprint density at radius 3 is 2.63 bits per heavy atom. The maximum Gasteiger partial charge on any atom is 0.373 e. The standard InChI is InChI=1S/C21H20N4O10/c1-3-33-16-8-11(7-14(25(30)31)18(16)34-10-17(22)26)6-13-19(27)24(21(29)23-13)9-12-4-5-15(35-12)20(28)32-2/h4-8H,3,9-10H2,1-2H3,(H2,22,26)(H,23,29). The van der Waals surface area contributed by atoms with Crippen LogP contribution in [0.15, 0.2) is 34.4 Å². The number of nitro groups is 1. The maximum atomic E-state index is 12.8. The third-order valence-corrected chi connectivity index (χ3v) is 4.55. The fraction of sp³-hybridized carbons (Fsp3) is 0.238. The van der Waals surface area contributed by atoms with Gasteiger partial charge in [-0.15, -0.1) is 0 Å². The van der Waals surface area contributed by atoms with E-state index in [9.17, 15) is 29.3 Å². The van der Waals surface area contributed by atoms with Crippen molar-refractivity contribution in [3.05, 3.63) is 57.2 Å². The molecule has 0 bridgehead atoms. The lowest BCUT2D eigenvalue weighted by Gasteiger charge is -2.12. The molecule has 0 spiro atoms. The first kappa shape index (κ1) is 24.8. The van der Waals surface area contributed by atoms with Gasteiger partial charge in [-0.05, 0) is 36.8 Å². The van der Waals surface area contributed by atoms with Crippen LogP contribution in [0.1, 0.15) is 28.8 Å². The number of amides is 4. The number of nitrogens with one attached hydrogen (secondary N) is 1. The lowest BCUT2D eigenvalue weighted by Crippen LogP contribution is -2.30. The first-order chi connectivity index (χ1) is 16.6. The number of furan rings is 1. The summed E-state index contributed by atoms with van der Waals surface area (Å²) in [7, 11) is 1.18. The molecule has 14 nitrogen and oxygen atoms in total. The van der Waals surface area contributed by atoms with Gasteiger partial charge in [0, 0.05) is 6.07 Å². The summed E-state index contributed by atoms with van der Waals surface area (Å²) in [5.41, 5.74) is 4.49. The number of imide groups is 1. The average Bonchev–Trinajstić information content (AvgIpc) is 3.38. The zero-order chi connectivity index (χ0) is 25.7. The van der Waals surface area contributed by atoms with Crippen LogP contribution in [0.3, 0.4) is 0 Å². The Bertz CT molecular complexity index is 1230. The van der Waals surface area contributed by atoms with Crippen LogP contribution in [-0.4, -0.2) is 54.0 Å². The summed E-state index contributed by atoms with van der Waals surface area (Å²) in [6.07, 6.45) is 1.22. The van der Waals surface area contributed by atoms with Crippen LogP contribution >= 0.6 is 0 Å². The summed E-state index contributed by atoms with van der Waals surface area (Å²) in [6, 6.07) is 4.42. The molecular formula is C21H20N4O10. The van der Waals surface area contributed by atoms with Gasteiger partial charge in [0.1, 0.15) is 11.5 Å². The number of primary amides is 1. The largest absolute Gasteiger partial charge is 0.490 e. The number of benzene rings is 1. The molecule has 0 aliphatic carbocycles. The van der Waals surface area contributed by atoms with E-state index >= 15 is 0 Å². The molecule has 0 atom stereocenters. The van der Waals surface area contributed by atoms with E-state index < -0.39 is 41.0 Å². The zero-order valence-electron chi connectivity index (χ0n) is 18.6. The average molecular weight is 488 g/mol. The normalized spacial score (nSPS) is 14.1. The summed E-state index contributed by atoms with van der Waals surface area (Å²) < 4.78 is 20.4. The fourth-order valence-electron chi connectivity index (χ4n) is 3.09. The highest BCUT2D eigenvalue weighted by Gasteiger charge is 2.35. The third kappa shape index (κ3) is 5.55. The summed E-state index contributed by atoms with van der Waals surface area (Å²) in [4.78, 5) is 59.4. The number of hydrogen-bond donors (Lipinski definition) is 2. The van der Waals surface area contributed by atoms with E-state index in [1.807, 2.05) is 0 Å². The second-order valence-electron chi connectivity index (χ2n) is 6.95. The Hall–Kier alpha value is -4.88. The third-order valence-electron chi connectivity index (χ3n) is 4.55. The predicted octanol–water partition coefficient (Wildman–Crippen LogP) is 1.33. The van der Waals surface area contributed by atoms with Gasteiger partial charge in [0.2, 0.25) is 11.5 Å². The highest BCUT2D eigenvalue weighted by Crippen LogP contribution is 2.39. The van der Waals surface area contributed by atoms with Crippen molar-refractivity contribution in [2.45, 2.75) is 13.5 Å². The first-order valence-electron chi connectivity index (χ1n) is 10.0. The molecule has 3 N–H and O–H groups in total. The topological polar surface area (TPSA) is 194 Å². The number of carbonyl (C=O) groups is 4. The minimum atomic E-state index is -0.845. The maximum absolute atomic E-state index is 12.8. The molecule has 3 rings (SSSR count). The Labute approximate surface area is 197 Å². The van der Waals surface area contributed by atoms with Crippen LogP contribution in [0.2, 0.25) is 0 Å². The van der Waals surface area contributed by atoms with E-state index in [0.717, 1.165) is 11.0 Å². The Balaban J connectivity index is 1.90. The number of ether oxygens (including phenoxy) is 3. The van der Waals surface area contributed by atoms with E-state index in [2.05, 4.69) is 10.1 Å². The molecule has 184 valence electrons. The molecule has 0 radical (unpaired) electrons. The number of urea groups is 1. The molecule has 1 aliphatic rings. The molecule has 35 heavy (non-hydrogen) atoms. The molecule has 4 amide bonds. The molecule has 2 heterocycles. The van der Waals surface area contributed by atoms with Gasteiger partial charge in [-0.1, -0.05) is 0 Å². The number of hydrogen-bond acceptors (Lipinski definition) is 10. The summed E-state index contributed by atoms with van der Waals surface area (Å²) in [6.45, 7) is 0.858. The van der Waals surface area contributed by atoms with Gasteiger partial charge < -0.3 is 29.7 Å². The SMILES string of the molecule is CCOc1cc(C=C2NC(=O)N(Cc3ccc(C(=O)OC)o3)C2=O)cc([N+](=O)[O-])c1OCC(N)=O. The quantitative estimate of drug-likeness (QED) is 0.162. The van der Waals surface area contributed by atoms with Gasteiger partial charge in [-0.3, -0.25) is 24.6 Å². The minimum Gasteiger partial charge on any atom is -0.490 e. The van der Waals surface area contributed by atoms with Gasteiger partial charge >= 0.3 is 17.7 Å². The summed E-state index contributed by atoms with van der Waals surface area (Å²) >= 11 is 0. The number of methoxy groups -OCH3 is 1. The Morgan fingerprint density at radius 1 is 1.26 bits per heavy atom. The van der Waals surface area contributed by atoms with Gasteiger partial charge in [0.15, 0.2) is 12.4 Å². The highest BCUT2D eigenvalue weighted by molar-refractivity contribution is 6.13. The molecule has 0 saturated carbocycles. The van der Waals surface area contributed by atoms with Crippen LogP contribution in [-0.2, 0) is 20.9 Å². The van der Waals surface area contributed by atoms with Crippen LogP contribution in [0, 0.1) is 10.1 Å². The van der Waals surface area contributed by atoms with E-state index in [4.69, 9.17) is 19.6 Å². The van der Waals surface area contributed by atoms with Crippen molar-refractivity contribution in [3.63, 3.8) is 0 Å². The van der Waals surface area contributed by atoms with Gasteiger partial charge in [-0.25, -0.2) is 9.59 Å². The van der Waals surface area contributed by atoms with Crippen molar-refractivity contribution in [2.24, 2.45) is 5.73 Å². The van der Waals surface area contributed by atoms with E-state index in [0.29, 0.717) is 0 Å². The van der Waals surface area contributed by atoms with Crippen molar-refractivity contribution in [1.82, 2.24) is 10.2 Å². The molecule has 2 aromatic rings. The monoisotopic (exact) mass is 488 g/mol. The van der Waals surface area contributed by atoms with Crippen LogP contribution in [0.5, 0.6) is 11.5 Å². The molecule has 1 saturated heterocycles. The van der Waals surface area contributed by atoms with Gasteiger partial charge in [-0.2, -0.15) is 0 Å². The summed E-state index contributed by atoms with van der Waals surface area (Å²) in [5.74, 6) is -2.61. The minimum absolute atomic E-state index is 0.0608. The van der Waals surface area contributed by atoms with Crippen molar-refractivity contribution in [1.29, 1.82) is 0 Å². The zero-order valence-corrected chi connectivity index (χ0v) is 18.6. The molecule has 0 unspecified atom stereocenters. The number of esters is 1. The van der Waals surface area contributed by atoms with E-state index in [1.54, 1.807) is 6.92 Å². The van der Waals surface area contributed by atoms with Gasteiger partial charge in [0.25, 0.3) is 11.8 Å². The molecule has 1 aromatic carbocycles. The number of carbonyl (C=O) groups excluding carboxylic acids is 4. The van der Waals surface area contributed by atoms with Crippen molar-refractivity contribution in [2.75, 3.05) is 20.3 Å². The van der Waals surface area contributed by atoms with E-state index in [1.165, 1.54) is 31.4 Å². The lowest BCUT2D eigenvalue weighted by atomic mass is 10.1. The van der Waals surface area contributed by atoms with Crippen molar-refractivity contribution in [3.8, 4) is 11.5 Å². The van der Waals surface area contributed by atoms with Crippen molar-refractivity contribution >= 4 is 35.6 Å². The number of rotatable bonds is 10. The number of nitrogens with two attached hydrogens (primary N) is 1. The predicted molar refractivity (Wildman–Crippen MR) is 116 cm³/mol. The molecule has 1 aliphatic heterocycles. The molecule has 1 aromatic heterocycles. The second-order valence-corrected chi connectivity index (χ2v) is 6.95. The Morgan fingerprint density at radius 2 is 2.00 bits per heavy atom. The van der Waals surface area contributed by atoms with Crippen LogP contribution < -0.4 is 20.5 Å². The molecule has 14 heteroatoms. The Kier molecular flexibility index (Phi) is 7.34. The fourth-order valence-corrected chi connectivity index (χ4v) is 3.09. The van der Waals surface area contributed by atoms with E-state index in [-0.39, 0.29) is 47.4 Å². The number of nitro benzene ring substituents is 1. The smallest absolute Gasteiger partial charge is 0.373 e. The highest BCUT2D eigenvalue weighted by atomic mass is 16.6. The second kappa shape index (κ2) is 10.4. The number of nitrogens with zero attached hydrogens (tertiary/aromatic N) is 2. The summed E-state index contributed by atoms with van der Waals surface area (Å²) in [5, 5.41) is 14.0. The van der Waals surface area contributed by atoms with Crippen LogP contribution in [0.4, 0.5) is 10.5 Å². The van der Waals surface area contributed by atoms with Crippen molar-refractivity contribution < 1.29 is 42.7 Å². The lowest BCUT2D eigenvalue weighted by molar-refractivity contribution is -0.385. The van der Waals surface area contributed by atoms with Crippen LogP contribution in [0.25, 0.3) is 6.08 Å². The molecule has 1 fully saturated rings. The van der Waals surface area contributed by atoms with Gasteiger partial charge in [0.05, 0.1) is 25.2 Å². The molecular weight excluding hydrogens is 468 g/mol.